The van der Waals surface area contributed by atoms with E-state index in [0.29, 0.717) is 0 Å². The maximum atomic E-state index is 12.3. The number of hydrogen-bond donors (Lipinski definition) is 2. The Hall–Kier alpha value is -2.66. The van der Waals surface area contributed by atoms with Gasteiger partial charge in [0, 0.05) is 0 Å². The molecular weight excluding hydrogens is 306 g/mol. The van der Waals surface area contributed by atoms with Crippen LogP contribution in [0.25, 0.3) is 0 Å². The van der Waals surface area contributed by atoms with Gasteiger partial charge in [-0.1, -0.05) is 54.6 Å². The molecule has 1 atom stereocenters. The van der Waals surface area contributed by atoms with Crippen molar-refractivity contribution in [3.8, 4) is 0 Å². The number of amides is 1. The summed E-state index contributed by atoms with van der Waals surface area (Å²) in [6, 6.07) is 16.1. The number of hydrogen-bond acceptors (Lipinski definition) is 4. The third-order valence-corrected chi connectivity index (χ3v) is 3.75. The van der Waals surface area contributed by atoms with Crippen LogP contribution in [0.1, 0.15) is 22.7 Å². The van der Waals surface area contributed by atoms with E-state index in [0.717, 1.165) is 16.7 Å². The summed E-state index contributed by atoms with van der Waals surface area (Å²) in [4.78, 5) is 23.8. The molecule has 0 saturated carbocycles. The average Bonchev–Trinajstić information content (AvgIpc) is 2.62. The maximum absolute atomic E-state index is 12.3. The molecule has 5 nitrogen and oxygen atoms in total. The first kappa shape index (κ1) is 17.7. The van der Waals surface area contributed by atoms with E-state index in [9.17, 15) is 14.7 Å². The van der Waals surface area contributed by atoms with Crippen molar-refractivity contribution in [3.63, 3.8) is 0 Å². The number of rotatable bonds is 7. The highest BCUT2D eigenvalue weighted by atomic mass is 16.5. The molecule has 0 aliphatic rings. The highest BCUT2D eigenvalue weighted by Crippen LogP contribution is 2.14. The second-order valence-electron chi connectivity index (χ2n) is 5.41. The zero-order chi connectivity index (χ0) is 17.4. The van der Waals surface area contributed by atoms with Crippen LogP contribution in [-0.2, 0) is 27.2 Å². The normalized spacial score (nSPS) is 11.6. The quantitative estimate of drug-likeness (QED) is 0.760. The van der Waals surface area contributed by atoms with Gasteiger partial charge in [-0.25, -0.2) is 0 Å². The van der Waals surface area contributed by atoms with Crippen molar-refractivity contribution in [2.45, 2.75) is 18.9 Å². The molecule has 0 bridgehead atoms. The lowest BCUT2D eigenvalue weighted by molar-refractivity contribution is -0.139. The molecule has 0 aliphatic heterocycles. The Kier molecular flexibility index (Phi) is 6.51. The highest BCUT2D eigenvalue weighted by Gasteiger charge is 2.15. The number of aliphatic hydroxyl groups excluding tert-OH is 1. The summed E-state index contributed by atoms with van der Waals surface area (Å²) >= 11 is 0. The van der Waals surface area contributed by atoms with Crippen LogP contribution in [0.2, 0.25) is 0 Å². The van der Waals surface area contributed by atoms with E-state index < -0.39 is 6.04 Å². The van der Waals surface area contributed by atoms with Crippen LogP contribution in [0.4, 0.5) is 0 Å². The predicted molar refractivity (Wildman–Crippen MR) is 90.3 cm³/mol. The topological polar surface area (TPSA) is 75.6 Å². The largest absolute Gasteiger partial charge is 0.469 e. The summed E-state index contributed by atoms with van der Waals surface area (Å²) in [5, 5.41) is 12.3. The van der Waals surface area contributed by atoms with Crippen molar-refractivity contribution < 1.29 is 19.4 Å². The van der Waals surface area contributed by atoms with Crippen molar-refractivity contribution in [3.05, 3.63) is 71.3 Å². The molecule has 0 heterocycles. The van der Waals surface area contributed by atoms with Crippen LogP contribution in [0.5, 0.6) is 0 Å². The summed E-state index contributed by atoms with van der Waals surface area (Å²) in [6.07, 6.45) is 0.262. The Morgan fingerprint density at radius 3 is 2.17 bits per heavy atom. The Bertz CT molecular complexity index is 685. The zero-order valence-electron chi connectivity index (χ0n) is 13.6. The van der Waals surface area contributed by atoms with Gasteiger partial charge in [-0.3, -0.25) is 9.59 Å². The lowest BCUT2D eigenvalue weighted by Gasteiger charge is -2.17. The van der Waals surface area contributed by atoms with E-state index >= 15 is 0 Å². The first-order chi connectivity index (χ1) is 11.6. The smallest absolute Gasteiger partial charge is 0.309 e. The van der Waals surface area contributed by atoms with Gasteiger partial charge in [0.05, 0.1) is 32.6 Å². The van der Waals surface area contributed by atoms with Gasteiger partial charge in [0.15, 0.2) is 0 Å². The fourth-order valence-electron chi connectivity index (χ4n) is 2.47. The fourth-order valence-corrected chi connectivity index (χ4v) is 2.47. The molecule has 0 fully saturated rings. The SMILES string of the molecule is COC(=O)Cc1ccccc1CC(=O)NC(CO)c1ccccc1. The highest BCUT2D eigenvalue weighted by molar-refractivity contribution is 5.80. The lowest BCUT2D eigenvalue weighted by Crippen LogP contribution is -2.32. The van der Waals surface area contributed by atoms with Crippen LogP contribution in [-0.4, -0.2) is 30.7 Å². The van der Waals surface area contributed by atoms with Gasteiger partial charge in [-0.05, 0) is 16.7 Å². The number of aliphatic hydroxyl groups is 1. The van der Waals surface area contributed by atoms with E-state index in [-0.39, 0.29) is 31.3 Å². The first-order valence-electron chi connectivity index (χ1n) is 7.72. The van der Waals surface area contributed by atoms with Crippen molar-refractivity contribution >= 4 is 11.9 Å². The number of esters is 1. The summed E-state index contributed by atoms with van der Waals surface area (Å²) in [7, 11) is 1.34. The number of nitrogens with one attached hydrogen (secondary N) is 1. The van der Waals surface area contributed by atoms with Crippen molar-refractivity contribution in [1.82, 2.24) is 5.32 Å². The minimum Gasteiger partial charge on any atom is -0.469 e. The predicted octanol–water partition coefficient (Wildman–Crippen LogP) is 1.79. The number of methoxy groups -OCH3 is 1. The molecule has 126 valence electrons. The molecule has 1 amide bonds. The van der Waals surface area contributed by atoms with Crippen LogP contribution < -0.4 is 5.32 Å². The molecule has 5 heteroatoms. The fraction of sp³-hybridized carbons (Fsp3) is 0.263. The van der Waals surface area contributed by atoms with Crippen LogP contribution in [0.15, 0.2) is 54.6 Å². The second kappa shape index (κ2) is 8.84. The van der Waals surface area contributed by atoms with Gasteiger partial charge in [0.25, 0.3) is 0 Å². The summed E-state index contributed by atoms with van der Waals surface area (Å²) in [6.45, 7) is -0.181. The zero-order valence-corrected chi connectivity index (χ0v) is 13.6. The van der Waals surface area contributed by atoms with Crippen LogP contribution in [0.3, 0.4) is 0 Å². The molecule has 0 saturated heterocycles. The standard InChI is InChI=1S/C19H21NO4/c1-24-19(23)12-16-10-6-5-9-15(16)11-18(22)20-17(13-21)14-7-3-2-4-8-14/h2-10,17,21H,11-13H2,1H3,(H,20,22). The summed E-state index contributed by atoms with van der Waals surface area (Å²) < 4.78 is 4.68. The van der Waals surface area contributed by atoms with Gasteiger partial charge in [-0.2, -0.15) is 0 Å². The summed E-state index contributed by atoms with van der Waals surface area (Å²) in [5.41, 5.74) is 2.38. The van der Waals surface area contributed by atoms with Gasteiger partial charge < -0.3 is 15.2 Å². The molecule has 2 aromatic carbocycles. The molecule has 1 unspecified atom stereocenters. The molecule has 0 aromatic heterocycles. The van der Waals surface area contributed by atoms with E-state index in [2.05, 4.69) is 10.1 Å². The van der Waals surface area contributed by atoms with E-state index in [1.165, 1.54) is 7.11 Å². The molecule has 2 N–H and O–H groups in total. The average molecular weight is 327 g/mol. The minimum atomic E-state index is -0.452. The van der Waals surface area contributed by atoms with Crippen molar-refractivity contribution in [1.29, 1.82) is 0 Å². The monoisotopic (exact) mass is 327 g/mol. The van der Waals surface area contributed by atoms with Gasteiger partial charge in [-0.15, -0.1) is 0 Å². The second-order valence-corrected chi connectivity index (χ2v) is 5.41. The van der Waals surface area contributed by atoms with Crippen molar-refractivity contribution in [2.24, 2.45) is 0 Å². The lowest BCUT2D eigenvalue weighted by atomic mass is 10.0. The van der Waals surface area contributed by atoms with Crippen LogP contribution >= 0.6 is 0 Å². The van der Waals surface area contributed by atoms with E-state index in [1.807, 2.05) is 48.5 Å². The molecule has 0 aliphatic carbocycles. The third-order valence-electron chi connectivity index (χ3n) is 3.75. The van der Waals surface area contributed by atoms with E-state index in [4.69, 9.17) is 0 Å². The van der Waals surface area contributed by atoms with Crippen LogP contribution in [0, 0.1) is 0 Å². The van der Waals surface area contributed by atoms with Gasteiger partial charge in [0.1, 0.15) is 0 Å². The maximum Gasteiger partial charge on any atom is 0.309 e. The molecule has 0 radical (unpaired) electrons. The molecule has 0 spiro atoms. The number of carbonyl (C=O) groups is 2. The number of ether oxygens (including phenoxy) is 1. The van der Waals surface area contributed by atoms with Gasteiger partial charge >= 0.3 is 5.97 Å². The first-order valence-corrected chi connectivity index (χ1v) is 7.72. The Labute approximate surface area is 141 Å². The Morgan fingerprint density at radius 1 is 1.00 bits per heavy atom. The molecule has 2 rings (SSSR count). The van der Waals surface area contributed by atoms with Crippen molar-refractivity contribution in [2.75, 3.05) is 13.7 Å². The molecular formula is C19H21NO4. The molecule has 2 aromatic rings. The van der Waals surface area contributed by atoms with E-state index in [1.54, 1.807) is 6.07 Å². The van der Waals surface area contributed by atoms with Gasteiger partial charge in [0.2, 0.25) is 5.91 Å². The number of benzene rings is 2. The third kappa shape index (κ3) is 4.93. The Balaban J connectivity index is 2.05. The minimum absolute atomic E-state index is 0.127. The summed E-state index contributed by atoms with van der Waals surface area (Å²) in [5.74, 6) is -0.560. The number of carbonyl (C=O) groups excluding carboxylic acids is 2. The Morgan fingerprint density at radius 2 is 1.58 bits per heavy atom. The molecule has 24 heavy (non-hydrogen) atoms.